The summed E-state index contributed by atoms with van der Waals surface area (Å²) in [7, 11) is 0. The highest BCUT2D eigenvalue weighted by Gasteiger charge is 2.46. The number of rotatable bonds is 3. The van der Waals surface area contributed by atoms with Crippen LogP contribution in [0, 0.1) is 0 Å². The van der Waals surface area contributed by atoms with Gasteiger partial charge in [-0.1, -0.05) is 12.8 Å². The van der Waals surface area contributed by atoms with Gasteiger partial charge in [0.15, 0.2) is 0 Å². The van der Waals surface area contributed by atoms with Crippen molar-refractivity contribution in [3.63, 3.8) is 0 Å². The Morgan fingerprint density at radius 1 is 1.35 bits per heavy atom. The molecule has 2 fully saturated rings. The van der Waals surface area contributed by atoms with Crippen LogP contribution in [0.2, 0.25) is 0 Å². The van der Waals surface area contributed by atoms with Crippen LogP contribution in [0.4, 0.5) is 0 Å². The Labute approximate surface area is 122 Å². The molecule has 6 heteroatoms. The van der Waals surface area contributed by atoms with Crippen molar-refractivity contribution < 1.29 is 9.59 Å². The molecule has 20 heavy (non-hydrogen) atoms. The van der Waals surface area contributed by atoms with Crippen molar-refractivity contribution in [2.24, 2.45) is 0 Å². The van der Waals surface area contributed by atoms with Crippen LogP contribution in [0.25, 0.3) is 0 Å². The summed E-state index contributed by atoms with van der Waals surface area (Å²) in [4.78, 5) is 30.7. The summed E-state index contributed by atoms with van der Waals surface area (Å²) in [6.07, 6.45) is 4.78. The summed E-state index contributed by atoms with van der Waals surface area (Å²) in [6, 6.07) is 0. The number of thiazole rings is 1. The van der Waals surface area contributed by atoms with E-state index in [2.05, 4.69) is 10.3 Å². The molecule has 1 spiro atoms. The zero-order valence-electron chi connectivity index (χ0n) is 11.4. The molecule has 1 aliphatic heterocycles. The summed E-state index contributed by atoms with van der Waals surface area (Å²) in [5.74, 6) is 0.118. The molecular weight excluding hydrogens is 274 g/mol. The fourth-order valence-corrected chi connectivity index (χ4v) is 3.76. The van der Waals surface area contributed by atoms with Gasteiger partial charge in [-0.05, 0) is 12.8 Å². The number of aromatic nitrogens is 1. The van der Waals surface area contributed by atoms with Crippen molar-refractivity contribution in [2.45, 2.75) is 44.1 Å². The summed E-state index contributed by atoms with van der Waals surface area (Å²) in [5, 5.41) is 4.99. The lowest BCUT2D eigenvalue weighted by Crippen LogP contribution is -2.55. The lowest BCUT2D eigenvalue weighted by Gasteiger charge is -2.31. The fraction of sp³-hybridized carbons (Fsp3) is 0.643. The normalized spacial score (nSPS) is 22.1. The fourth-order valence-electron chi connectivity index (χ4n) is 3.16. The Morgan fingerprint density at radius 2 is 2.15 bits per heavy atom. The van der Waals surface area contributed by atoms with Gasteiger partial charge in [0.1, 0.15) is 5.54 Å². The van der Waals surface area contributed by atoms with E-state index in [1.807, 2.05) is 15.8 Å². The van der Waals surface area contributed by atoms with Crippen LogP contribution < -0.4 is 5.32 Å². The average Bonchev–Trinajstić information content (AvgIpc) is 3.07. The van der Waals surface area contributed by atoms with Gasteiger partial charge in [-0.15, -0.1) is 11.3 Å². The van der Waals surface area contributed by atoms with Gasteiger partial charge < -0.3 is 10.2 Å². The molecule has 1 saturated heterocycles. The SMILES string of the molecule is O=C1CCN(CCc2cscn2)C(=O)C2(CCCC2)N1. The number of amides is 2. The van der Waals surface area contributed by atoms with Gasteiger partial charge in [0, 0.05) is 31.3 Å². The minimum atomic E-state index is -0.615. The Bertz CT molecular complexity index is 495. The summed E-state index contributed by atoms with van der Waals surface area (Å²) in [6.45, 7) is 1.18. The van der Waals surface area contributed by atoms with Crippen LogP contribution >= 0.6 is 11.3 Å². The second kappa shape index (κ2) is 5.52. The molecular formula is C14H19N3O2S. The van der Waals surface area contributed by atoms with Gasteiger partial charge in [-0.2, -0.15) is 0 Å². The summed E-state index contributed by atoms with van der Waals surface area (Å²) >= 11 is 1.57. The maximum atomic E-state index is 12.8. The maximum absolute atomic E-state index is 12.8. The van der Waals surface area contributed by atoms with Gasteiger partial charge >= 0.3 is 0 Å². The monoisotopic (exact) mass is 293 g/mol. The maximum Gasteiger partial charge on any atom is 0.248 e. The molecule has 0 bridgehead atoms. The molecule has 1 aromatic rings. The third-order valence-corrected chi connectivity index (χ3v) is 4.90. The molecule has 2 heterocycles. The van der Waals surface area contributed by atoms with E-state index < -0.39 is 5.54 Å². The minimum absolute atomic E-state index is 0.0106. The molecule has 108 valence electrons. The second-order valence-corrected chi connectivity index (χ2v) is 6.33. The van der Waals surface area contributed by atoms with Crippen LogP contribution in [0.5, 0.6) is 0 Å². The van der Waals surface area contributed by atoms with Crippen molar-refractivity contribution in [2.75, 3.05) is 13.1 Å². The number of carbonyl (C=O) groups is 2. The van der Waals surface area contributed by atoms with E-state index in [4.69, 9.17) is 0 Å². The molecule has 1 aliphatic carbocycles. The first-order valence-corrected chi connectivity index (χ1v) is 8.11. The van der Waals surface area contributed by atoms with Crippen molar-refractivity contribution >= 4 is 23.2 Å². The van der Waals surface area contributed by atoms with E-state index in [0.29, 0.717) is 19.5 Å². The largest absolute Gasteiger partial charge is 0.342 e. The molecule has 0 aromatic carbocycles. The smallest absolute Gasteiger partial charge is 0.248 e. The van der Waals surface area contributed by atoms with Gasteiger partial charge in [-0.25, -0.2) is 4.98 Å². The van der Waals surface area contributed by atoms with Crippen LogP contribution in [0.3, 0.4) is 0 Å². The highest BCUT2D eigenvalue weighted by molar-refractivity contribution is 7.07. The minimum Gasteiger partial charge on any atom is -0.342 e. The predicted octanol–water partition coefficient (Wildman–Crippen LogP) is 1.35. The molecule has 3 rings (SSSR count). The molecule has 0 atom stereocenters. The Balaban J connectivity index is 1.72. The molecule has 1 aromatic heterocycles. The highest BCUT2D eigenvalue weighted by atomic mass is 32.1. The number of nitrogens with zero attached hydrogens (tertiary/aromatic N) is 2. The van der Waals surface area contributed by atoms with E-state index in [1.54, 1.807) is 11.3 Å². The first kappa shape index (κ1) is 13.5. The average molecular weight is 293 g/mol. The van der Waals surface area contributed by atoms with Crippen LogP contribution in [0.15, 0.2) is 10.9 Å². The Morgan fingerprint density at radius 3 is 2.85 bits per heavy atom. The zero-order chi connectivity index (χ0) is 14.0. The summed E-state index contributed by atoms with van der Waals surface area (Å²) in [5.41, 5.74) is 2.21. The van der Waals surface area contributed by atoms with E-state index >= 15 is 0 Å². The third kappa shape index (κ3) is 2.57. The molecule has 1 saturated carbocycles. The van der Waals surface area contributed by atoms with E-state index in [-0.39, 0.29) is 11.8 Å². The number of hydrogen-bond acceptors (Lipinski definition) is 4. The van der Waals surface area contributed by atoms with Crippen molar-refractivity contribution in [1.29, 1.82) is 0 Å². The number of nitrogens with one attached hydrogen (secondary N) is 1. The topological polar surface area (TPSA) is 62.3 Å². The predicted molar refractivity (Wildman–Crippen MR) is 76.4 cm³/mol. The van der Waals surface area contributed by atoms with Crippen molar-refractivity contribution in [3.05, 3.63) is 16.6 Å². The first-order valence-electron chi connectivity index (χ1n) is 7.17. The molecule has 0 radical (unpaired) electrons. The van der Waals surface area contributed by atoms with E-state index in [0.717, 1.165) is 37.8 Å². The van der Waals surface area contributed by atoms with Gasteiger partial charge in [0.25, 0.3) is 0 Å². The van der Waals surface area contributed by atoms with Gasteiger partial charge in [0.05, 0.1) is 11.2 Å². The van der Waals surface area contributed by atoms with E-state index in [1.165, 1.54) is 0 Å². The van der Waals surface area contributed by atoms with Crippen LogP contribution in [-0.4, -0.2) is 40.3 Å². The Hall–Kier alpha value is -1.43. The molecule has 2 amide bonds. The summed E-state index contributed by atoms with van der Waals surface area (Å²) < 4.78 is 0. The number of carbonyl (C=O) groups excluding carboxylic acids is 2. The zero-order valence-corrected chi connectivity index (χ0v) is 12.2. The van der Waals surface area contributed by atoms with Crippen LogP contribution in [0.1, 0.15) is 37.8 Å². The second-order valence-electron chi connectivity index (χ2n) is 5.61. The molecule has 5 nitrogen and oxygen atoms in total. The van der Waals surface area contributed by atoms with Gasteiger partial charge in [0.2, 0.25) is 11.8 Å². The molecule has 2 aliphatic rings. The van der Waals surface area contributed by atoms with Crippen LogP contribution in [-0.2, 0) is 16.0 Å². The first-order chi connectivity index (χ1) is 9.70. The highest BCUT2D eigenvalue weighted by Crippen LogP contribution is 2.33. The van der Waals surface area contributed by atoms with E-state index in [9.17, 15) is 9.59 Å². The lowest BCUT2D eigenvalue weighted by molar-refractivity contribution is -0.138. The Kier molecular flexibility index (Phi) is 3.74. The molecule has 0 unspecified atom stereocenters. The van der Waals surface area contributed by atoms with Gasteiger partial charge in [-0.3, -0.25) is 9.59 Å². The third-order valence-electron chi connectivity index (χ3n) is 4.26. The van der Waals surface area contributed by atoms with Crippen molar-refractivity contribution in [3.8, 4) is 0 Å². The number of hydrogen-bond donors (Lipinski definition) is 1. The quantitative estimate of drug-likeness (QED) is 0.915. The van der Waals surface area contributed by atoms with Crippen molar-refractivity contribution in [1.82, 2.24) is 15.2 Å². The molecule has 1 N–H and O–H groups in total. The standard InChI is InChI=1S/C14H19N3O2S/c18-12-4-8-17(7-3-11-9-20-10-15-11)13(19)14(16-12)5-1-2-6-14/h9-10H,1-8H2,(H,16,18). The lowest BCUT2D eigenvalue weighted by atomic mass is 9.96.